The molecule has 0 aromatic rings. The normalized spacial score (nSPS) is 53.9. The summed E-state index contributed by atoms with van der Waals surface area (Å²) in [5.41, 5.74) is 0.301. The van der Waals surface area contributed by atoms with Crippen molar-refractivity contribution in [2.24, 2.45) is 40.4 Å². The fraction of sp³-hybridized carbons (Fsp3) is 0.905. The molecule has 134 valence electrons. The molecule has 1 N–H and O–H groups in total. The van der Waals surface area contributed by atoms with Gasteiger partial charge in [0.1, 0.15) is 11.6 Å². The standard InChI is InChI=1S/C21H32O3/c1-12(22)15-4-5-16-19-17(7-9-21(15,16)3)20(2)8-6-14(23)10-13(20)11-18(19)24/h13,15-19,24H,4-11H2,1-3H3/t13?,15-,16+,17+,18-,19+,20+,21-/m1/s1. The van der Waals surface area contributed by atoms with Crippen LogP contribution in [0.1, 0.15) is 72.1 Å². The molecule has 4 fully saturated rings. The Balaban J connectivity index is 1.67. The topological polar surface area (TPSA) is 54.4 Å². The van der Waals surface area contributed by atoms with Crippen LogP contribution in [0.4, 0.5) is 0 Å². The third-order valence-electron chi connectivity index (χ3n) is 8.99. The maximum Gasteiger partial charge on any atom is 0.133 e. The monoisotopic (exact) mass is 332 g/mol. The molecule has 3 nitrogen and oxygen atoms in total. The van der Waals surface area contributed by atoms with Crippen LogP contribution >= 0.6 is 0 Å². The van der Waals surface area contributed by atoms with Gasteiger partial charge in [-0.25, -0.2) is 0 Å². The van der Waals surface area contributed by atoms with Crippen LogP contribution in [0.2, 0.25) is 0 Å². The minimum atomic E-state index is -0.283. The van der Waals surface area contributed by atoms with E-state index in [1.165, 1.54) is 0 Å². The zero-order valence-corrected chi connectivity index (χ0v) is 15.4. The molecule has 4 aliphatic carbocycles. The predicted molar refractivity (Wildman–Crippen MR) is 92.3 cm³/mol. The van der Waals surface area contributed by atoms with Gasteiger partial charge < -0.3 is 5.11 Å². The zero-order chi connectivity index (χ0) is 17.3. The SMILES string of the molecule is CC(=O)[C@H]1CC[C@H]2[C@@H]3[C@H](O)CC4CC(=O)CC[C@]4(C)[C@H]3CC[C@]12C. The van der Waals surface area contributed by atoms with Crippen LogP contribution in [0.5, 0.6) is 0 Å². The van der Waals surface area contributed by atoms with Gasteiger partial charge in [-0.05, 0) is 80.0 Å². The number of hydrogen-bond acceptors (Lipinski definition) is 3. The second-order valence-corrected chi connectivity index (χ2v) is 9.82. The van der Waals surface area contributed by atoms with E-state index in [2.05, 4.69) is 13.8 Å². The summed E-state index contributed by atoms with van der Waals surface area (Å²) in [6.07, 6.45) is 7.26. The average Bonchev–Trinajstić information content (AvgIpc) is 2.86. The summed E-state index contributed by atoms with van der Waals surface area (Å²) < 4.78 is 0. The van der Waals surface area contributed by atoms with Crippen LogP contribution in [0, 0.1) is 40.4 Å². The summed E-state index contributed by atoms with van der Waals surface area (Å²) in [6.45, 7) is 6.47. The van der Waals surface area contributed by atoms with Crippen molar-refractivity contribution in [3.8, 4) is 0 Å². The highest BCUT2D eigenvalue weighted by Gasteiger charge is 2.63. The first kappa shape index (κ1) is 16.8. The molecule has 0 aliphatic heterocycles. The van der Waals surface area contributed by atoms with E-state index in [4.69, 9.17) is 0 Å². The highest BCUT2D eigenvalue weighted by Crippen LogP contribution is 2.67. The largest absolute Gasteiger partial charge is 0.393 e. The number of carbonyl (C=O) groups excluding carboxylic acids is 2. The number of hydrogen-bond donors (Lipinski definition) is 1. The van der Waals surface area contributed by atoms with Gasteiger partial charge in [0.2, 0.25) is 0 Å². The number of aliphatic hydroxyl groups is 1. The van der Waals surface area contributed by atoms with Crippen LogP contribution in [-0.4, -0.2) is 22.8 Å². The molecule has 0 aromatic carbocycles. The van der Waals surface area contributed by atoms with Gasteiger partial charge in [-0.1, -0.05) is 13.8 Å². The Hall–Kier alpha value is -0.700. The van der Waals surface area contributed by atoms with E-state index in [0.29, 0.717) is 41.7 Å². The molecule has 1 unspecified atom stereocenters. The Bertz CT molecular complexity index is 569. The molecule has 0 bridgehead atoms. The van der Waals surface area contributed by atoms with E-state index in [0.717, 1.165) is 44.9 Å². The molecule has 4 saturated carbocycles. The molecule has 0 saturated heterocycles. The van der Waals surface area contributed by atoms with E-state index in [9.17, 15) is 14.7 Å². The van der Waals surface area contributed by atoms with Crippen molar-refractivity contribution in [2.75, 3.05) is 0 Å². The van der Waals surface area contributed by atoms with Gasteiger partial charge in [-0.15, -0.1) is 0 Å². The minimum absolute atomic E-state index is 0.0850. The van der Waals surface area contributed by atoms with Crippen molar-refractivity contribution in [1.82, 2.24) is 0 Å². The van der Waals surface area contributed by atoms with Gasteiger partial charge in [-0.2, -0.15) is 0 Å². The number of ketones is 2. The molecule has 0 spiro atoms. The molecule has 8 atom stereocenters. The summed E-state index contributed by atoms with van der Waals surface area (Å²) in [4.78, 5) is 24.1. The smallest absolute Gasteiger partial charge is 0.133 e. The van der Waals surface area contributed by atoms with Crippen molar-refractivity contribution in [3.05, 3.63) is 0 Å². The number of aliphatic hydroxyl groups excluding tert-OH is 1. The first-order valence-electron chi connectivity index (χ1n) is 9.97. The highest BCUT2D eigenvalue weighted by molar-refractivity contribution is 5.80. The Morgan fingerprint density at radius 1 is 1.08 bits per heavy atom. The van der Waals surface area contributed by atoms with Crippen molar-refractivity contribution < 1.29 is 14.7 Å². The predicted octanol–water partition coefficient (Wildman–Crippen LogP) is 3.77. The van der Waals surface area contributed by atoms with Gasteiger partial charge in [0.05, 0.1) is 6.10 Å². The lowest BCUT2D eigenvalue weighted by Crippen LogP contribution is -2.58. The maximum absolute atomic E-state index is 12.2. The lowest BCUT2D eigenvalue weighted by molar-refractivity contribution is -0.168. The molecule has 3 heteroatoms. The average molecular weight is 332 g/mol. The summed E-state index contributed by atoms with van der Waals surface area (Å²) >= 11 is 0. The Morgan fingerprint density at radius 3 is 2.50 bits per heavy atom. The first-order valence-corrected chi connectivity index (χ1v) is 9.97. The van der Waals surface area contributed by atoms with Crippen molar-refractivity contribution in [3.63, 3.8) is 0 Å². The number of rotatable bonds is 1. The third-order valence-corrected chi connectivity index (χ3v) is 8.99. The summed E-state index contributed by atoms with van der Waals surface area (Å²) in [5, 5.41) is 11.0. The number of carbonyl (C=O) groups is 2. The lowest BCUT2D eigenvalue weighted by Gasteiger charge is -2.61. The van der Waals surface area contributed by atoms with E-state index < -0.39 is 0 Å². The number of fused-ring (bicyclic) bond motifs is 5. The Morgan fingerprint density at radius 2 is 1.79 bits per heavy atom. The zero-order valence-electron chi connectivity index (χ0n) is 15.4. The van der Waals surface area contributed by atoms with Crippen LogP contribution in [0.25, 0.3) is 0 Å². The van der Waals surface area contributed by atoms with E-state index in [1.807, 2.05) is 0 Å². The molecule has 24 heavy (non-hydrogen) atoms. The fourth-order valence-electron chi connectivity index (χ4n) is 7.68. The second kappa shape index (κ2) is 5.40. The van der Waals surface area contributed by atoms with Gasteiger partial charge in [0, 0.05) is 18.8 Å². The fourth-order valence-corrected chi connectivity index (χ4v) is 7.68. The molecular weight excluding hydrogens is 300 g/mol. The highest BCUT2D eigenvalue weighted by atomic mass is 16.3. The molecule has 0 radical (unpaired) electrons. The first-order chi connectivity index (χ1) is 11.3. The molecule has 0 amide bonds. The van der Waals surface area contributed by atoms with Crippen LogP contribution in [0.3, 0.4) is 0 Å². The van der Waals surface area contributed by atoms with Crippen molar-refractivity contribution >= 4 is 11.6 Å². The van der Waals surface area contributed by atoms with Gasteiger partial charge in [0.25, 0.3) is 0 Å². The minimum Gasteiger partial charge on any atom is -0.393 e. The quantitative estimate of drug-likeness (QED) is 0.795. The summed E-state index contributed by atoms with van der Waals surface area (Å²) in [6, 6.07) is 0. The third kappa shape index (κ3) is 2.12. The number of Topliss-reactive ketones (excluding diaryl/α,β-unsaturated/α-hetero) is 2. The van der Waals surface area contributed by atoms with E-state index >= 15 is 0 Å². The maximum atomic E-state index is 12.2. The van der Waals surface area contributed by atoms with Gasteiger partial charge in [-0.3, -0.25) is 9.59 Å². The Kier molecular flexibility index (Phi) is 3.77. The molecule has 4 rings (SSSR count). The summed E-state index contributed by atoms with van der Waals surface area (Å²) in [5.74, 6) is 2.64. The van der Waals surface area contributed by atoms with Crippen LogP contribution in [-0.2, 0) is 9.59 Å². The van der Waals surface area contributed by atoms with Crippen molar-refractivity contribution in [2.45, 2.75) is 78.2 Å². The van der Waals surface area contributed by atoms with E-state index in [1.54, 1.807) is 6.92 Å². The van der Waals surface area contributed by atoms with Crippen LogP contribution in [0.15, 0.2) is 0 Å². The van der Waals surface area contributed by atoms with E-state index in [-0.39, 0.29) is 22.9 Å². The van der Waals surface area contributed by atoms with Gasteiger partial charge >= 0.3 is 0 Å². The molecule has 4 aliphatic rings. The molecule has 0 heterocycles. The molecular formula is C21H32O3. The van der Waals surface area contributed by atoms with Crippen molar-refractivity contribution in [1.29, 1.82) is 0 Å². The van der Waals surface area contributed by atoms with Gasteiger partial charge in [0.15, 0.2) is 0 Å². The molecule has 0 aromatic heterocycles. The lowest BCUT2D eigenvalue weighted by atomic mass is 9.44. The Labute approximate surface area is 145 Å². The summed E-state index contributed by atoms with van der Waals surface area (Å²) in [7, 11) is 0. The van der Waals surface area contributed by atoms with Crippen LogP contribution < -0.4 is 0 Å². The second-order valence-electron chi connectivity index (χ2n) is 9.82.